The first-order valence-electron chi connectivity index (χ1n) is 13.8. The molecule has 0 spiro atoms. The Morgan fingerprint density at radius 1 is 1.12 bits per heavy atom. The Balaban J connectivity index is 1.27. The second-order valence-corrected chi connectivity index (χ2v) is 10.4. The van der Waals surface area contributed by atoms with Gasteiger partial charge in [-0.1, -0.05) is 18.2 Å². The van der Waals surface area contributed by atoms with Crippen LogP contribution in [0.2, 0.25) is 0 Å². The second-order valence-electron chi connectivity index (χ2n) is 10.4. The van der Waals surface area contributed by atoms with E-state index in [4.69, 9.17) is 25.2 Å². The summed E-state index contributed by atoms with van der Waals surface area (Å²) in [5.74, 6) is 1.63. The molecule has 4 heterocycles. The third kappa shape index (κ3) is 5.66. The van der Waals surface area contributed by atoms with Crippen LogP contribution >= 0.6 is 0 Å². The zero-order valence-corrected chi connectivity index (χ0v) is 23.1. The number of nitrogens with one attached hydrogen (secondary N) is 1. The van der Waals surface area contributed by atoms with E-state index in [0.717, 1.165) is 50.4 Å². The van der Waals surface area contributed by atoms with Gasteiger partial charge < -0.3 is 30.0 Å². The van der Waals surface area contributed by atoms with E-state index >= 15 is 0 Å². The molecule has 6 rings (SSSR count). The molecule has 4 aromatic rings. The number of hydrogen-bond donors (Lipinski definition) is 2. The number of nitrogens with two attached hydrogens (primary N) is 1. The number of halogens is 1. The molecule has 3 N–H and O–H groups in total. The van der Waals surface area contributed by atoms with Gasteiger partial charge in [-0.05, 0) is 49.6 Å². The number of nitrogens with zero attached hydrogens (tertiary/aromatic N) is 6. The van der Waals surface area contributed by atoms with E-state index in [9.17, 15) is 9.18 Å². The lowest BCUT2D eigenvalue weighted by Crippen LogP contribution is -2.47. The third-order valence-electron chi connectivity index (χ3n) is 7.80. The van der Waals surface area contributed by atoms with Gasteiger partial charge in [-0.2, -0.15) is 9.97 Å². The fraction of sp³-hybridized carbons (Fsp3) is 0.379. The molecule has 0 aliphatic carbocycles. The van der Waals surface area contributed by atoms with Crippen molar-refractivity contribution in [2.45, 2.75) is 32.0 Å². The van der Waals surface area contributed by atoms with Gasteiger partial charge in [0.15, 0.2) is 11.6 Å². The quantitative estimate of drug-likeness (QED) is 0.346. The van der Waals surface area contributed by atoms with E-state index in [1.165, 1.54) is 12.1 Å². The van der Waals surface area contributed by atoms with E-state index in [-0.39, 0.29) is 23.9 Å². The fourth-order valence-electron chi connectivity index (χ4n) is 5.35. The number of H-pyrrole nitrogens is 1. The Hall–Kier alpha value is -4.29. The van der Waals surface area contributed by atoms with Gasteiger partial charge in [0.2, 0.25) is 11.8 Å². The van der Waals surface area contributed by atoms with Gasteiger partial charge in [-0.3, -0.25) is 9.69 Å². The number of fused-ring (bicyclic) bond motifs is 1. The molecule has 0 saturated carbocycles. The molecule has 2 aromatic carbocycles. The molecule has 2 saturated heterocycles. The Kier molecular flexibility index (Phi) is 7.41. The molecule has 0 unspecified atom stereocenters. The van der Waals surface area contributed by atoms with Gasteiger partial charge in [0.05, 0.1) is 5.52 Å². The molecule has 2 atom stereocenters. The summed E-state index contributed by atoms with van der Waals surface area (Å²) in [6, 6.07) is 14.0. The lowest BCUT2D eigenvalue weighted by molar-refractivity contribution is 0.110. The first kappa shape index (κ1) is 26.9. The highest BCUT2D eigenvalue weighted by atomic mass is 19.1. The third-order valence-corrected chi connectivity index (χ3v) is 7.80. The molecule has 2 fully saturated rings. The van der Waals surface area contributed by atoms with Crippen molar-refractivity contribution < 1.29 is 13.9 Å². The van der Waals surface area contributed by atoms with Crippen molar-refractivity contribution in [2.24, 2.45) is 0 Å². The number of nitrogen functional groups attached to an aromatic ring is 1. The molecule has 0 amide bonds. The van der Waals surface area contributed by atoms with Crippen molar-refractivity contribution in [1.29, 1.82) is 0 Å². The summed E-state index contributed by atoms with van der Waals surface area (Å²) in [4.78, 5) is 35.1. The SMILES string of the molecule is C[C@H](c1ccc(F)cc1)N1CCN(c2cc(Oc3cccc4[nH]c(=O)c(N)nc34)nc(N(C)[C@H]3CCCO3)n2)CC1. The molecule has 11 nitrogen and oxygen atoms in total. The van der Waals surface area contributed by atoms with Crippen LogP contribution in [-0.4, -0.2) is 70.9 Å². The molecule has 2 aliphatic heterocycles. The largest absolute Gasteiger partial charge is 0.436 e. The van der Waals surface area contributed by atoms with Crippen LogP contribution in [-0.2, 0) is 4.74 Å². The first-order chi connectivity index (χ1) is 19.9. The highest BCUT2D eigenvalue weighted by molar-refractivity contribution is 5.82. The Bertz CT molecular complexity index is 1580. The molecule has 0 bridgehead atoms. The van der Waals surface area contributed by atoms with Crippen molar-refractivity contribution in [2.75, 3.05) is 55.4 Å². The highest BCUT2D eigenvalue weighted by Crippen LogP contribution is 2.32. The van der Waals surface area contributed by atoms with Gasteiger partial charge in [0, 0.05) is 51.9 Å². The lowest BCUT2D eigenvalue weighted by Gasteiger charge is -2.39. The van der Waals surface area contributed by atoms with Crippen LogP contribution in [0, 0.1) is 5.82 Å². The number of rotatable bonds is 7. The molecular formula is C29H33FN8O3. The Labute approximate surface area is 236 Å². The number of anilines is 3. The number of para-hydroxylation sites is 1. The van der Waals surface area contributed by atoms with E-state index in [0.29, 0.717) is 35.2 Å². The summed E-state index contributed by atoms with van der Waals surface area (Å²) in [6.07, 6.45) is 1.75. The van der Waals surface area contributed by atoms with Gasteiger partial charge in [0.25, 0.3) is 5.56 Å². The lowest BCUT2D eigenvalue weighted by atomic mass is 10.1. The van der Waals surface area contributed by atoms with Crippen molar-refractivity contribution >= 4 is 28.6 Å². The average molecular weight is 561 g/mol. The van der Waals surface area contributed by atoms with Crippen LogP contribution in [0.5, 0.6) is 11.6 Å². The van der Waals surface area contributed by atoms with Gasteiger partial charge in [0.1, 0.15) is 23.4 Å². The maximum absolute atomic E-state index is 13.4. The smallest absolute Gasteiger partial charge is 0.290 e. The highest BCUT2D eigenvalue weighted by Gasteiger charge is 2.27. The van der Waals surface area contributed by atoms with Crippen LogP contribution < -0.4 is 25.8 Å². The van der Waals surface area contributed by atoms with Crippen molar-refractivity contribution in [1.82, 2.24) is 24.8 Å². The average Bonchev–Trinajstić information content (AvgIpc) is 3.53. The number of benzene rings is 2. The standard InChI is InChI=1S/C29H33FN8O3/c1-18(19-8-10-20(30)11-9-19)37-12-14-38(15-13-37)23-17-24(34-29(33-23)36(2)25-7-4-16-40-25)41-22-6-3-5-21-26(22)35-27(31)28(39)32-21/h3,5-6,8-11,17-18,25H,4,7,12-16H2,1-2H3,(H2,31,35)(H,32,39)/t18-,25-/m1/s1. The number of aromatic amines is 1. The summed E-state index contributed by atoms with van der Waals surface area (Å²) in [5.41, 5.74) is 7.38. The summed E-state index contributed by atoms with van der Waals surface area (Å²) in [5, 5.41) is 0. The van der Waals surface area contributed by atoms with Crippen LogP contribution in [0.15, 0.2) is 53.3 Å². The summed E-state index contributed by atoms with van der Waals surface area (Å²) in [7, 11) is 1.92. The van der Waals surface area contributed by atoms with Gasteiger partial charge in [-0.25, -0.2) is 9.37 Å². The Morgan fingerprint density at radius 2 is 1.90 bits per heavy atom. The normalized spacial score (nSPS) is 18.5. The van der Waals surface area contributed by atoms with Crippen molar-refractivity contribution in [3.8, 4) is 11.6 Å². The molecule has 2 aliphatic rings. The second kappa shape index (κ2) is 11.3. The molecule has 12 heteroatoms. The Morgan fingerprint density at radius 3 is 2.63 bits per heavy atom. The predicted molar refractivity (Wildman–Crippen MR) is 155 cm³/mol. The zero-order chi connectivity index (χ0) is 28.5. The number of aromatic nitrogens is 4. The van der Waals surface area contributed by atoms with Crippen LogP contribution in [0.3, 0.4) is 0 Å². The number of piperazine rings is 1. The van der Waals surface area contributed by atoms with Gasteiger partial charge >= 0.3 is 0 Å². The molecule has 0 radical (unpaired) electrons. The number of hydrogen-bond acceptors (Lipinski definition) is 10. The summed E-state index contributed by atoms with van der Waals surface area (Å²) in [6.45, 7) is 5.97. The minimum atomic E-state index is -0.452. The molecule has 41 heavy (non-hydrogen) atoms. The maximum Gasteiger partial charge on any atom is 0.290 e. The monoisotopic (exact) mass is 560 g/mol. The summed E-state index contributed by atoms with van der Waals surface area (Å²) < 4.78 is 25.6. The molecule has 2 aromatic heterocycles. The van der Waals surface area contributed by atoms with Crippen molar-refractivity contribution in [3.05, 3.63) is 70.3 Å². The topological polar surface area (TPSA) is 126 Å². The first-order valence-corrected chi connectivity index (χ1v) is 13.8. The van der Waals surface area contributed by atoms with Gasteiger partial charge in [-0.15, -0.1) is 0 Å². The zero-order valence-electron chi connectivity index (χ0n) is 23.1. The van der Waals surface area contributed by atoms with E-state index in [2.05, 4.69) is 26.7 Å². The minimum absolute atomic E-state index is 0.115. The molecule has 214 valence electrons. The van der Waals surface area contributed by atoms with Crippen LogP contribution in [0.25, 0.3) is 11.0 Å². The van der Waals surface area contributed by atoms with E-state index < -0.39 is 5.56 Å². The number of ether oxygens (including phenoxy) is 2. The maximum atomic E-state index is 13.4. The van der Waals surface area contributed by atoms with Crippen LogP contribution in [0.1, 0.15) is 31.4 Å². The predicted octanol–water partition coefficient (Wildman–Crippen LogP) is 3.68. The minimum Gasteiger partial charge on any atom is -0.436 e. The summed E-state index contributed by atoms with van der Waals surface area (Å²) >= 11 is 0. The van der Waals surface area contributed by atoms with Crippen molar-refractivity contribution in [3.63, 3.8) is 0 Å². The van der Waals surface area contributed by atoms with Crippen LogP contribution in [0.4, 0.5) is 22.0 Å². The fourth-order valence-corrected chi connectivity index (χ4v) is 5.35. The van der Waals surface area contributed by atoms with E-state index in [1.54, 1.807) is 18.2 Å². The van der Waals surface area contributed by atoms with E-state index in [1.807, 2.05) is 30.1 Å². The molecular weight excluding hydrogens is 527 g/mol.